The number of rotatable bonds is 5. The minimum atomic E-state index is -2.55. The van der Waals surface area contributed by atoms with E-state index in [1.54, 1.807) is 24.3 Å². The lowest BCUT2D eigenvalue weighted by atomic mass is 10.1. The second-order valence-corrected chi connectivity index (χ2v) is 3.28. The number of halogens is 2. The topological polar surface area (TPSA) is 35.2 Å². The maximum Gasteiger partial charge on any atom is 0.257 e. The summed E-state index contributed by atoms with van der Waals surface area (Å²) >= 11 is 0. The Balaban J connectivity index is 2.73. The molecule has 1 rings (SSSR count). The van der Waals surface area contributed by atoms with Crippen LogP contribution >= 0.6 is 0 Å². The summed E-state index contributed by atoms with van der Waals surface area (Å²) in [6, 6.07) is 5.30. The Bertz CT molecular complexity index is 304. The molecular weight excluding hydrogens is 200 g/mol. The largest absolute Gasteiger partial charge is 0.494 e. The van der Waals surface area contributed by atoms with Crippen molar-refractivity contribution >= 4 is 0 Å². The van der Waals surface area contributed by atoms with Crippen molar-refractivity contribution in [1.29, 1.82) is 0 Å². The summed E-state index contributed by atoms with van der Waals surface area (Å²) in [5.74, 6) is 0.588. The zero-order valence-corrected chi connectivity index (χ0v) is 8.62. The van der Waals surface area contributed by atoms with Crippen LogP contribution in [0.3, 0.4) is 0 Å². The lowest BCUT2D eigenvalue weighted by Gasteiger charge is -2.12. The average Bonchev–Trinajstić information content (AvgIpc) is 2.25. The predicted molar refractivity (Wildman–Crippen MR) is 55.2 cm³/mol. The monoisotopic (exact) mass is 215 g/mol. The van der Waals surface area contributed by atoms with Gasteiger partial charge in [0.2, 0.25) is 0 Å². The van der Waals surface area contributed by atoms with E-state index in [2.05, 4.69) is 0 Å². The molecule has 4 heteroatoms. The molecule has 0 aliphatic heterocycles. The van der Waals surface area contributed by atoms with Gasteiger partial charge in [-0.1, -0.05) is 19.1 Å². The van der Waals surface area contributed by atoms with Gasteiger partial charge in [0.05, 0.1) is 12.6 Å². The highest BCUT2D eigenvalue weighted by Gasteiger charge is 2.17. The summed E-state index contributed by atoms with van der Waals surface area (Å²) < 4.78 is 30.0. The van der Waals surface area contributed by atoms with Crippen molar-refractivity contribution in [1.82, 2.24) is 0 Å². The smallest absolute Gasteiger partial charge is 0.257 e. The molecule has 0 fully saturated rings. The summed E-state index contributed by atoms with van der Waals surface area (Å²) in [7, 11) is 0. The normalized spacial score (nSPS) is 12.9. The van der Waals surface area contributed by atoms with Gasteiger partial charge in [0, 0.05) is 0 Å². The number of nitrogens with two attached hydrogens (primary N) is 1. The molecule has 84 valence electrons. The van der Waals surface area contributed by atoms with Gasteiger partial charge < -0.3 is 10.5 Å². The molecule has 0 saturated heterocycles. The molecule has 1 aromatic carbocycles. The summed E-state index contributed by atoms with van der Waals surface area (Å²) in [6.07, 6.45) is -1.67. The molecule has 1 unspecified atom stereocenters. The molecule has 2 N–H and O–H groups in total. The first kappa shape index (κ1) is 11.9. The lowest BCUT2D eigenvalue weighted by molar-refractivity contribution is 0.116. The summed E-state index contributed by atoms with van der Waals surface area (Å²) in [5.41, 5.74) is 5.73. The van der Waals surface area contributed by atoms with Gasteiger partial charge in [-0.05, 0) is 24.1 Å². The molecule has 0 heterocycles. The molecule has 0 aliphatic carbocycles. The third kappa shape index (κ3) is 3.47. The van der Waals surface area contributed by atoms with Crippen LogP contribution in [0, 0.1) is 0 Å². The van der Waals surface area contributed by atoms with Crippen molar-refractivity contribution in [3.05, 3.63) is 29.8 Å². The Morgan fingerprint density at radius 2 is 2.13 bits per heavy atom. The third-order valence-corrected chi connectivity index (χ3v) is 1.99. The first-order valence-electron chi connectivity index (χ1n) is 4.91. The van der Waals surface area contributed by atoms with Crippen molar-refractivity contribution in [2.24, 2.45) is 5.73 Å². The standard InChI is InChI=1S/C11H15F2NO/c1-2-6-15-9-5-3-4-8(7-9)10(14)11(12)13/h3-5,7,10-11H,2,6,14H2,1H3. The average molecular weight is 215 g/mol. The molecular formula is C11H15F2NO. The van der Waals surface area contributed by atoms with Gasteiger partial charge in [-0.15, -0.1) is 0 Å². The van der Waals surface area contributed by atoms with Gasteiger partial charge in [0.15, 0.2) is 0 Å². The summed E-state index contributed by atoms with van der Waals surface area (Å²) in [4.78, 5) is 0. The van der Waals surface area contributed by atoms with Crippen molar-refractivity contribution in [2.45, 2.75) is 25.8 Å². The van der Waals surface area contributed by atoms with E-state index in [1.807, 2.05) is 6.92 Å². The van der Waals surface area contributed by atoms with Crippen molar-refractivity contribution < 1.29 is 13.5 Å². The zero-order chi connectivity index (χ0) is 11.3. The first-order chi connectivity index (χ1) is 7.15. The van der Waals surface area contributed by atoms with Crippen LogP contribution in [0.15, 0.2) is 24.3 Å². The Labute approximate surface area is 88.0 Å². The maximum absolute atomic E-state index is 12.3. The molecule has 0 aromatic heterocycles. The minimum Gasteiger partial charge on any atom is -0.494 e. The Morgan fingerprint density at radius 1 is 1.40 bits per heavy atom. The fourth-order valence-electron chi connectivity index (χ4n) is 1.18. The van der Waals surface area contributed by atoms with Crippen LogP contribution in [0.5, 0.6) is 5.75 Å². The molecule has 15 heavy (non-hydrogen) atoms. The highest BCUT2D eigenvalue weighted by Crippen LogP contribution is 2.22. The van der Waals surface area contributed by atoms with E-state index >= 15 is 0 Å². The van der Waals surface area contributed by atoms with E-state index < -0.39 is 12.5 Å². The van der Waals surface area contributed by atoms with Gasteiger partial charge >= 0.3 is 0 Å². The molecule has 2 nitrogen and oxygen atoms in total. The van der Waals surface area contributed by atoms with E-state index in [0.29, 0.717) is 17.9 Å². The summed E-state index contributed by atoms with van der Waals surface area (Å²) in [6.45, 7) is 2.56. The fraction of sp³-hybridized carbons (Fsp3) is 0.455. The lowest BCUT2D eigenvalue weighted by Crippen LogP contribution is -2.18. The van der Waals surface area contributed by atoms with Gasteiger partial charge in [-0.2, -0.15) is 0 Å². The third-order valence-electron chi connectivity index (χ3n) is 1.99. The number of benzene rings is 1. The first-order valence-corrected chi connectivity index (χ1v) is 4.91. The van der Waals surface area contributed by atoms with Gasteiger partial charge in [-0.25, -0.2) is 8.78 Å². The van der Waals surface area contributed by atoms with Crippen LogP contribution < -0.4 is 10.5 Å². The fourth-order valence-corrected chi connectivity index (χ4v) is 1.18. The Morgan fingerprint density at radius 3 is 2.73 bits per heavy atom. The number of hydrogen-bond donors (Lipinski definition) is 1. The molecule has 1 aromatic rings. The van der Waals surface area contributed by atoms with E-state index in [0.717, 1.165) is 6.42 Å². The Kier molecular flexibility index (Phi) is 4.49. The molecule has 0 saturated carbocycles. The highest BCUT2D eigenvalue weighted by molar-refractivity contribution is 5.30. The van der Waals surface area contributed by atoms with Crippen molar-refractivity contribution in [3.63, 3.8) is 0 Å². The second-order valence-electron chi connectivity index (χ2n) is 3.28. The van der Waals surface area contributed by atoms with E-state index in [4.69, 9.17) is 10.5 Å². The zero-order valence-electron chi connectivity index (χ0n) is 8.62. The van der Waals surface area contributed by atoms with Crippen LogP contribution in [0.25, 0.3) is 0 Å². The molecule has 0 spiro atoms. The highest BCUT2D eigenvalue weighted by atomic mass is 19.3. The van der Waals surface area contributed by atoms with Crippen LogP contribution in [-0.2, 0) is 0 Å². The SMILES string of the molecule is CCCOc1cccc(C(N)C(F)F)c1. The van der Waals surface area contributed by atoms with E-state index in [1.165, 1.54) is 0 Å². The van der Waals surface area contributed by atoms with Crippen molar-refractivity contribution in [3.8, 4) is 5.75 Å². The predicted octanol–water partition coefficient (Wildman–Crippen LogP) is 2.74. The van der Waals surface area contributed by atoms with E-state index in [9.17, 15) is 8.78 Å². The van der Waals surface area contributed by atoms with E-state index in [-0.39, 0.29) is 0 Å². The maximum atomic E-state index is 12.3. The number of alkyl halides is 2. The van der Waals surface area contributed by atoms with Crippen LogP contribution in [0.4, 0.5) is 8.78 Å². The van der Waals surface area contributed by atoms with Gasteiger partial charge in [0.25, 0.3) is 6.43 Å². The second kappa shape index (κ2) is 5.66. The van der Waals surface area contributed by atoms with Gasteiger partial charge in [-0.3, -0.25) is 0 Å². The Hall–Kier alpha value is -1.16. The van der Waals surface area contributed by atoms with Crippen LogP contribution in [0.2, 0.25) is 0 Å². The molecule has 0 radical (unpaired) electrons. The molecule has 0 aliphatic rings. The quantitative estimate of drug-likeness (QED) is 0.819. The van der Waals surface area contributed by atoms with Crippen molar-refractivity contribution in [2.75, 3.05) is 6.61 Å². The molecule has 0 bridgehead atoms. The van der Waals surface area contributed by atoms with Crippen LogP contribution in [0.1, 0.15) is 24.9 Å². The summed E-state index contributed by atoms with van der Waals surface area (Å²) in [5, 5.41) is 0. The van der Waals surface area contributed by atoms with Gasteiger partial charge in [0.1, 0.15) is 5.75 Å². The number of ether oxygens (including phenoxy) is 1. The molecule has 0 amide bonds. The number of hydrogen-bond acceptors (Lipinski definition) is 2. The van der Waals surface area contributed by atoms with Crippen LogP contribution in [-0.4, -0.2) is 13.0 Å². The minimum absolute atomic E-state index is 0.401. The molecule has 1 atom stereocenters.